The average molecular weight is 311 g/mol. The zero-order valence-electron chi connectivity index (χ0n) is 13.0. The number of hydrogen-bond acceptors (Lipinski definition) is 5. The van der Waals surface area contributed by atoms with Gasteiger partial charge in [0.15, 0.2) is 0 Å². The van der Waals surface area contributed by atoms with E-state index in [1.165, 1.54) is 0 Å². The number of nitrogens with one attached hydrogen (secondary N) is 2. The van der Waals surface area contributed by atoms with Crippen LogP contribution in [0.15, 0.2) is 42.6 Å². The van der Waals surface area contributed by atoms with E-state index in [0.29, 0.717) is 12.4 Å². The van der Waals surface area contributed by atoms with Crippen molar-refractivity contribution in [3.8, 4) is 0 Å². The fourth-order valence-electron chi connectivity index (χ4n) is 2.59. The van der Waals surface area contributed by atoms with Gasteiger partial charge in [0, 0.05) is 37.9 Å². The van der Waals surface area contributed by atoms with Crippen molar-refractivity contribution in [3.05, 3.63) is 42.6 Å². The summed E-state index contributed by atoms with van der Waals surface area (Å²) in [6, 6.07) is 11.7. The van der Waals surface area contributed by atoms with Crippen LogP contribution < -0.4 is 10.6 Å². The molecule has 1 aliphatic heterocycles. The molecule has 0 spiro atoms. The van der Waals surface area contributed by atoms with Gasteiger partial charge in [-0.2, -0.15) is 4.98 Å². The third kappa shape index (κ3) is 4.42. The van der Waals surface area contributed by atoms with Crippen LogP contribution in [0.2, 0.25) is 0 Å². The number of anilines is 3. The van der Waals surface area contributed by atoms with Crippen molar-refractivity contribution in [2.45, 2.75) is 19.3 Å². The molecule has 0 radical (unpaired) electrons. The van der Waals surface area contributed by atoms with E-state index in [1.54, 1.807) is 6.20 Å². The van der Waals surface area contributed by atoms with Gasteiger partial charge in [0.25, 0.3) is 0 Å². The van der Waals surface area contributed by atoms with Gasteiger partial charge in [-0.15, -0.1) is 0 Å². The summed E-state index contributed by atoms with van der Waals surface area (Å²) in [6.07, 6.45) is 4.34. The van der Waals surface area contributed by atoms with E-state index in [2.05, 4.69) is 20.6 Å². The molecule has 0 aliphatic carbocycles. The lowest BCUT2D eigenvalue weighted by atomic mass is 10.3. The van der Waals surface area contributed by atoms with Gasteiger partial charge >= 0.3 is 0 Å². The zero-order valence-corrected chi connectivity index (χ0v) is 13.0. The van der Waals surface area contributed by atoms with Crippen LogP contribution in [0.1, 0.15) is 19.3 Å². The van der Waals surface area contributed by atoms with Crippen LogP contribution in [-0.2, 0) is 4.79 Å². The molecule has 1 aromatic carbocycles. The molecule has 6 nitrogen and oxygen atoms in total. The Morgan fingerprint density at radius 1 is 1.17 bits per heavy atom. The molecule has 0 unspecified atom stereocenters. The summed E-state index contributed by atoms with van der Waals surface area (Å²) in [7, 11) is 0. The molecule has 23 heavy (non-hydrogen) atoms. The van der Waals surface area contributed by atoms with Gasteiger partial charge in [-0.05, 0) is 31.0 Å². The lowest BCUT2D eigenvalue weighted by molar-refractivity contribution is -0.127. The van der Waals surface area contributed by atoms with E-state index in [1.807, 2.05) is 41.3 Å². The molecule has 6 heteroatoms. The van der Waals surface area contributed by atoms with E-state index in [0.717, 1.165) is 44.0 Å². The van der Waals surface area contributed by atoms with Crippen molar-refractivity contribution in [2.24, 2.45) is 0 Å². The number of para-hydroxylation sites is 1. The molecule has 3 rings (SSSR count). The van der Waals surface area contributed by atoms with Crippen molar-refractivity contribution < 1.29 is 4.79 Å². The van der Waals surface area contributed by atoms with Gasteiger partial charge in [-0.1, -0.05) is 18.2 Å². The molecule has 120 valence electrons. The molecule has 0 saturated carbocycles. The standard InChI is InChI=1S/C17H21N5O/c23-16-8-4-12-22(16)13-5-10-18-15-9-11-19-17(21-15)20-14-6-2-1-3-7-14/h1-3,6-7,9,11H,4-5,8,10,12-13H2,(H2,18,19,20,21). The Bertz CT molecular complexity index is 646. The normalized spacial score (nSPS) is 14.1. The highest BCUT2D eigenvalue weighted by Crippen LogP contribution is 2.13. The molecule has 1 aliphatic rings. The number of nitrogens with zero attached hydrogens (tertiary/aromatic N) is 3. The van der Waals surface area contributed by atoms with Crippen molar-refractivity contribution in [2.75, 3.05) is 30.3 Å². The summed E-state index contributed by atoms with van der Waals surface area (Å²) >= 11 is 0. The first-order valence-corrected chi connectivity index (χ1v) is 7.98. The highest BCUT2D eigenvalue weighted by molar-refractivity contribution is 5.78. The monoisotopic (exact) mass is 311 g/mol. The summed E-state index contributed by atoms with van der Waals surface area (Å²) in [5, 5.41) is 6.45. The Labute approximate surface area is 135 Å². The van der Waals surface area contributed by atoms with Crippen molar-refractivity contribution in [3.63, 3.8) is 0 Å². The fraction of sp³-hybridized carbons (Fsp3) is 0.353. The molecule has 1 fully saturated rings. The Hall–Kier alpha value is -2.63. The number of likely N-dealkylation sites (tertiary alicyclic amines) is 1. The average Bonchev–Trinajstić information content (AvgIpc) is 2.98. The quantitative estimate of drug-likeness (QED) is 0.769. The van der Waals surface area contributed by atoms with Gasteiger partial charge in [0.2, 0.25) is 11.9 Å². The summed E-state index contributed by atoms with van der Waals surface area (Å²) in [6.45, 7) is 2.50. The van der Waals surface area contributed by atoms with Gasteiger partial charge in [0.1, 0.15) is 5.82 Å². The topological polar surface area (TPSA) is 70.2 Å². The van der Waals surface area contributed by atoms with Gasteiger partial charge in [0.05, 0.1) is 0 Å². The van der Waals surface area contributed by atoms with Gasteiger partial charge in [-0.3, -0.25) is 4.79 Å². The number of benzene rings is 1. The van der Waals surface area contributed by atoms with E-state index < -0.39 is 0 Å². The zero-order chi connectivity index (χ0) is 15.9. The van der Waals surface area contributed by atoms with Gasteiger partial charge < -0.3 is 15.5 Å². The molecule has 2 aromatic rings. The Kier molecular flexibility index (Phi) is 5.03. The third-order valence-electron chi connectivity index (χ3n) is 3.77. The first-order valence-electron chi connectivity index (χ1n) is 7.98. The second-order valence-electron chi connectivity index (χ2n) is 5.52. The van der Waals surface area contributed by atoms with E-state index in [-0.39, 0.29) is 5.91 Å². The number of carbonyl (C=O) groups excluding carboxylic acids is 1. The SMILES string of the molecule is O=C1CCCN1CCCNc1ccnc(Nc2ccccc2)n1. The number of hydrogen-bond donors (Lipinski definition) is 2. The number of aromatic nitrogens is 2. The minimum absolute atomic E-state index is 0.279. The van der Waals surface area contributed by atoms with Crippen LogP contribution >= 0.6 is 0 Å². The molecule has 0 atom stereocenters. The fourth-order valence-corrected chi connectivity index (χ4v) is 2.59. The molecule has 1 saturated heterocycles. The molecule has 1 aromatic heterocycles. The second kappa shape index (κ2) is 7.58. The summed E-state index contributed by atoms with van der Waals surface area (Å²) < 4.78 is 0. The lowest BCUT2D eigenvalue weighted by Gasteiger charge is -2.15. The van der Waals surface area contributed by atoms with E-state index in [4.69, 9.17) is 0 Å². The largest absolute Gasteiger partial charge is 0.370 e. The van der Waals surface area contributed by atoms with Crippen LogP contribution in [0.3, 0.4) is 0 Å². The first kappa shape index (κ1) is 15.3. The van der Waals surface area contributed by atoms with Crippen molar-refractivity contribution >= 4 is 23.4 Å². The predicted octanol–water partition coefficient (Wildman–Crippen LogP) is 2.64. The summed E-state index contributed by atoms with van der Waals surface area (Å²) in [4.78, 5) is 22.1. The summed E-state index contributed by atoms with van der Waals surface area (Å²) in [5.41, 5.74) is 0.956. The summed E-state index contributed by atoms with van der Waals surface area (Å²) in [5.74, 6) is 1.63. The van der Waals surface area contributed by atoms with Crippen molar-refractivity contribution in [1.29, 1.82) is 0 Å². The number of amides is 1. The number of rotatable bonds is 7. The van der Waals surface area contributed by atoms with Crippen LogP contribution in [0, 0.1) is 0 Å². The molecule has 0 bridgehead atoms. The molecular weight excluding hydrogens is 290 g/mol. The van der Waals surface area contributed by atoms with Crippen LogP contribution in [0.5, 0.6) is 0 Å². The molecule has 2 N–H and O–H groups in total. The second-order valence-corrected chi connectivity index (χ2v) is 5.52. The maximum Gasteiger partial charge on any atom is 0.229 e. The smallest absolute Gasteiger partial charge is 0.229 e. The highest BCUT2D eigenvalue weighted by Gasteiger charge is 2.18. The lowest BCUT2D eigenvalue weighted by Crippen LogP contribution is -2.27. The third-order valence-corrected chi connectivity index (χ3v) is 3.77. The maximum atomic E-state index is 11.5. The Morgan fingerprint density at radius 3 is 2.83 bits per heavy atom. The number of carbonyl (C=O) groups is 1. The Balaban J connectivity index is 1.47. The van der Waals surface area contributed by atoms with Crippen LogP contribution in [-0.4, -0.2) is 40.4 Å². The maximum absolute atomic E-state index is 11.5. The minimum Gasteiger partial charge on any atom is -0.370 e. The molecule has 1 amide bonds. The predicted molar refractivity (Wildman–Crippen MR) is 90.7 cm³/mol. The molecular formula is C17H21N5O. The van der Waals surface area contributed by atoms with E-state index >= 15 is 0 Å². The molecule has 2 heterocycles. The minimum atomic E-state index is 0.279. The van der Waals surface area contributed by atoms with E-state index in [9.17, 15) is 4.79 Å². The Morgan fingerprint density at radius 2 is 2.04 bits per heavy atom. The van der Waals surface area contributed by atoms with Crippen molar-refractivity contribution in [1.82, 2.24) is 14.9 Å². The first-order chi connectivity index (χ1) is 11.3. The van der Waals surface area contributed by atoms with Gasteiger partial charge in [-0.25, -0.2) is 4.98 Å². The highest BCUT2D eigenvalue weighted by atomic mass is 16.2. The van der Waals surface area contributed by atoms with Crippen LogP contribution in [0.4, 0.5) is 17.5 Å². The van der Waals surface area contributed by atoms with Crippen LogP contribution in [0.25, 0.3) is 0 Å².